The summed E-state index contributed by atoms with van der Waals surface area (Å²) in [6, 6.07) is 0. The maximum atomic E-state index is 11.3. The van der Waals surface area contributed by atoms with Crippen molar-refractivity contribution in [1.82, 2.24) is 9.88 Å². The summed E-state index contributed by atoms with van der Waals surface area (Å²) < 4.78 is 5.33. The van der Waals surface area contributed by atoms with Crippen LogP contribution in [0.4, 0.5) is 0 Å². The minimum atomic E-state index is -0.219. The van der Waals surface area contributed by atoms with Gasteiger partial charge in [-0.25, -0.2) is 4.98 Å². The first-order valence-electron chi connectivity index (χ1n) is 5.84. The molecule has 2 rings (SSSR count). The van der Waals surface area contributed by atoms with E-state index in [0.29, 0.717) is 13.2 Å². The molecule has 0 bridgehead atoms. The molecular weight excluding hydrogens is 236 g/mol. The fourth-order valence-electron chi connectivity index (χ4n) is 2.28. The summed E-state index contributed by atoms with van der Waals surface area (Å²) in [5.74, 6) is 0. The van der Waals surface area contributed by atoms with Crippen LogP contribution in [0, 0.1) is 5.41 Å². The standard InChI is InChI=1S/C12H18N2O2S/c1-14(6-11-7-17-10-13-11)8-12(9-15)2-4-16-5-3-12/h7,9-10H,2-6,8H2,1H3. The Morgan fingerprint density at radius 2 is 2.35 bits per heavy atom. The number of ether oxygens (including phenoxy) is 1. The summed E-state index contributed by atoms with van der Waals surface area (Å²) in [7, 11) is 2.04. The highest BCUT2D eigenvalue weighted by Gasteiger charge is 2.33. The minimum absolute atomic E-state index is 0.219. The average Bonchev–Trinajstić information content (AvgIpc) is 2.83. The van der Waals surface area contributed by atoms with Gasteiger partial charge >= 0.3 is 0 Å². The molecule has 1 aliphatic heterocycles. The van der Waals surface area contributed by atoms with Gasteiger partial charge in [-0.1, -0.05) is 0 Å². The van der Waals surface area contributed by atoms with Crippen LogP contribution in [0.1, 0.15) is 18.5 Å². The molecule has 0 aromatic carbocycles. The lowest BCUT2D eigenvalue weighted by Crippen LogP contribution is -2.41. The van der Waals surface area contributed by atoms with Crippen molar-refractivity contribution in [2.45, 2.75) is 19.4 Å². The minimum Gasteiger partial charge on any atom is -0.381 e. The second-order valence-electron chi connectivity index (χ2n) is 4.74. The largest absolute Gasteiger partial charge is 0.381 e. The Bertz CT molecular complexity index is 347. The fraction of sp³-hybridized carbons (Fsp3) is 0.667. The third-order valence-electron chi connectivity index (χ3n) is 3.24. The number of aldehydes is 1. The number of carbonyl (C=O) groups is 1. The molecule has 0 amide bonds. The normalized spacial score (nSPS) is 19.4. The van der Waals surface area contributed by atoms with Gasteiger partial charge in [-0.15, -0.1) is 11.3 Å². The summed E-state index contributed by atoms with van der Waals surface area (Å²) in [5.41, 5.74) is 2.70. The van der Waals surface area contributed by atoms with E-state index in [1.54, 1.807) is 11.3 Å². The van der Waals surface area contributed by atoms with E-state index in [0.717, 1.165) is 37.9 Å². The van der Waals surface area contributed by atoms with Crippen LogP contribution in [0.2, 0.25) is 0 Å². The molecule has 4 nitrogen and oxygen atoms in total. The molecular formula is C12H18N2O2S. The topological polar surface area (TPSA) is 42.4 Å². The summed E-state index contributed by atoms with van der Waals surface area (Å²) >= 11 is 1.61. The van der Waals surface area contributed by atoms with Crippen molar-refractivity contribution >= 4 is 17.6 Å². The Kier molecular flexibility index (Phi) is 4.25. The Balaban J connectivity index is 1.91. The predicted octanol–water partition coefficient (Wildman–Crippen LogP) is 1.57. The monoisotopic (exact) mass is 254 g/mol. The van der Waals surface area contributed by atoms with E-state index < -0.39 is 0 Å². The molecule has 1 aromatic rings. The molecule has 1 aliphatic rings. The first-order chi connectivity index (χ1) is 8.24. The molecule has 94 valence electrons. The number of rotatable bonds is 5. The van der Waals surface area contributed by atoms with Crippen LogP contribution < -0.4 is 0 Å². The van der Waals surface area contributed by atoms with Gasteiger partial charge in [0.2, 0.25) is 0 Å². The van der Waals surface area contributed by atoms with Gasteiger partial charge in [-0.2, -0.15) is 0 Å². The van der Waals surface area contributed by atoms with Crippen molar-refractivity contribution in [2.75, 3.05) is 26.8 Å². The first-order valence-corrected chi connectivity index (χ1v) is 6.78. The quantitative estimate of drug-likeness (QED) is 0.748. The van der Waals surface area contributed by atoms with Crippen molar-refractivity contribution in [3.8, 4) is 0 Å². The van der Waals surface area contributed by atoms with Crippen molar-refractivity contribution < 1.29 is 9.53 Å². The SMILES string of the molecule is CN(Cc1cscn1)CC1(C=O)CCOCC1. The highest BCUT2D eigenvalue weighted by Crippen LogP contribution is 2.29. The molecule has 0 radical (unpaired) electrons. The summed E-state index contributed by atoms with van der Waals surface area (Å²) in [6.07, 6.45) is 2.78. The molecule has 2 heterocycles. The molecule has 1 saturated heterocycles. The predicted molar refractivity (Wildman–Crippen MR) is 67.0 cm³/mol. The van der Waals surface area contributed by atoms with Crippen LogP contribution in [0.5, 0.6) is 0 Å². The second-order valence-corrected chi connectivity index (χ2v) is 5.46. The highest BCUT2D eigenvalue weighted by atomic mass is 32.1. The van der Waals surface area contributed by atoms with E-state index >= 15 is 0 Å². The molecule has 0 saturated carbocycles. The van der Waals surface area contributed by atoms with Crippen LogP contribution in [-0.4, -0.2) is 43.0 Å². The smallest absolute Gasteiger partial charge is 0.127 e. The van der Waals surface area contributed by atoms with Crippen LogP contribution in [0.15, 0.2) is 10.9 Å². The van der Waals surface area contributed by atoms with Gasteiger partial charge in [0.25, 0.3) is 0 Å². The molecule has 1 aromatic heterocycles. The third kappa shape index (κ3) is 3.34. The maximum Gasteiger partial charge on any atom is 0.127 e. The lowest BCUT2D eigenvalue weighted by atomic mass is 9.81. The van der Waals surface area contributed by atoms with E-state index in [2.05, 4.69) is 9.88 Å². The van der Waals surface area contributed by atoms with Gasteiger partial charge in [0.15, 0.2) is 0 Å². The van der Waals surface area contributed by atoms with Crippen molar-refractivity contribution in [2.24, 2.45) is 5.41 Å². The van der Waals surface area contributed by atoms with Gasteiger partial charge < -0.3 is 9.53 Å². The Morgan fingerprint density at radius 3 is 2.94 bits per heavy atom. The Hall–Kier alpha value is -0.780. The lowest BCUT2D eigenvalue weighted by Gasteiger charge is -2.35. The first kappa shape index (κ1) is 12.7. The fourth-order valence-corrected chi connectivity index (χ4v) is 2.83. The zero-order valence-corrected chi connectivity index (χ0v) is 10.9. The zero-order valence-electron chi connectivity index (χ0n) is 10.1. The lowest BCUT2D eigenvalue weighted by molar-refractivity contribution is -0.122. The van der Waals surface area contributed by atoms with E-state index in [1.165, 1.54) is 0 Å². The van der Waals surface area contributed by atoms with Crippen molar-refractivity contribution in [3.05, 3.63) is 16.6 Å². The summed E-state index contributed by atoms with van der Waals surface area (Å²) in [6.45, 7) is 2.99. The third-order valence-corrected chi connectivity index (χ3v) is 3.87. The van der Waals surface area contributed by atoms with E-state index in [9.17, 15) is 4.79 Å². The second kappa shape index (κ2) is 5.71. The molecule has 1 fully saturated rings. The number of aromatic nitrogens is 1. The average molecular weight is 254 g/mol. The van der Waals surface area contributed by atoms with Crippen LogP contribution >= 0.6 is 11.3 Å². The van der Waals surface area contributed by atoms with Gasteiger partial charge in [-0.3, -0.25) is 4.90 Å². The van der Waals surface area contributed by atoms with E-state index in [4.69, 9.17) is 4.74 Å². The molecule has 0 unspecified atom stereocenters. The molecule has 0 aliphatic carbocycles. The molecule has 0 spiro atoms. The number of hydrogen-bond acceptors (Lipinski definition) is 5. The maximum absolute atomic E-state index is 11.3. The molecule has 17 heavy (non-hydrogen) atoms. The number of hydrogen-bond donors (Lipinski definition) is 0. The van der Waals surface area contributed by atoms with Gasteiger partial charge in [0, 0.05) is 37.1 Å². The van der Waals surface area contributed by atoms with Crippen LogP contribution in [0.3, 0.4) is 0 Å². The van der Waals surface area contributed by atoms with Gasteiger partial charge in [-0.05, 0) is 19.9 Å². The van der Waals surface area contributed by atoms with Crippen molar-refractivity contribution in [3.63, 3.8) is 0 Å². The van der Waals surface area contributed by atoms with E-state index in [-0.39, 0.29) is 5.41 Å². The Labute approximate surface area is 106 Å². The number of thiazole rings is 1. The molecule has 0 N–H and O–H groups in total. The molecule has 0 atom stereocenters. The highest BCUT2D eigenvalue weighted by molar-refractivity contribution is 7.07. The van der Waals surface area contributed by atoms with Crippen LogP contribution in [0.25, 0.3) is 0 Å². The summed E-state index contributed by atoms with van der Waals surface area (Å²) in [4.78, 5) is 17.8. The number of carbonyl (C=O) groups excluding carboxylic acids is 1. The number of nitrogens with zero attached hydrogens (tertiary/aromatic N) is 2. The van der Waals surface area contributed by atoms with Crippen molar-refractivity contribution in [1.29, 1.82) is 0 Å². The van der Waals surface area contributed by atoms with Gasteiger partial charge in [0.05, 0.1) is 11.2 Å². The Morgan fingerprint density at radius 1 is 1.59 bits per heavy atom. The van der Waals surface area contributed by atoms with Crippen LogP contribution in [-0.2, 0) is 16.1 Å². The zero-order chi connectivity index (χ0) is 12.1. The van der Waals surface area contributed by atoms with E-state index in [1.807, 2.05) is 17.9 Å². The summed E-state index contributed by atoms with van der Waals surface area (Å²) in [5, 5.41) is 2.05. The molecule has 5 heteroatoms. The van der Waals surface area contributed by atoms with Gasteiger partial charge in [0.1, 0.15) is 6.29 Å².